The van der Waals surface area contributed by atoms with Crippen LogP contribution in [0, 0.1) is 17.7 Å². The lowest BCUT2D eigenvalue weighted by Crippen LogP contribution is -2.64. The number of ether oxygens (including phenoxy) is 1. The summed E-state index contributed by atoms with van der Waals surface area (Å²) in [5, 5.41) is 3.84. The number of rotatable bonds is 9. The van der Waals surface area contributed by atoms with Gasteiger partial charge < -0.3 is 30.2 Å². The van der Waals surface area contributed by atoms with Gasteiger partial charge >= 0.3 is 0 Å². The molecule has 1 saturated heterocycles. The highest BCUT2D eigenvalue weighted by Crippen LogP contribution is 2.37. The summed E-state index contributed by atoms with van der Waals surface area (Å²) in [5.41, 5.74) is 5.78. The summed E-state index contributed by atoms with van der Waals surface area (Å²) in [6.45, 7) is 4.02. The number of nitrogens with zero attached hydrogens (tertiary/aromatic N) is 3. The molecule has 38 heavy (non-hydrogen) atoms. The number of nitrogens with two attached hydrogens (primary N) is 1. The predicted molar refractivity (Wildman–Crippen MR) is 143 cm³/mol. The summed E-state index contributed by atoms with van der Waals surface area (Å²) in [6, 6.07) is 6.27. The van der Waals surface area contributed by atoms with E-state index in [1.165, 1.54) is 12.1 Å². The van der Waals surface area contributed by atoms with Crippen molar-refractivity contribution in [2.75, 3.05) is 46.9 Å². The summed E-state index contributed by atoms with van der Waals surface area (Å²) >= 11 is 0. The van der Waals surface area contributed by atoms with Crippen molar-refractivity contribution in [3.8, 4) is 0 Å². The maximum absolute atomic E-state index is 14.0. The summed E-state index contributed by atoms with van der Waals surface area (Å²) in [7, 11) is 3.26. The number of aromatic nitrogens is 1. The number of carbonyl (C=O) groups excluding carboxylic acids is 3. The van der Waals surface area contributed by atoms with Crippen LogP contribution in [0.4, 0.5) is 4.39 Å². The highest BCUT2D eigenvalue weighted by Gasteiger charge is 2.49. The van der Waals surface area contributed by atoms with Gasteiger partial charge in [-0.25, -0.2) is 4.39 Å². The van der Waals surface area contributed by atoms with Crippen LogP contribution in [0.25, 0.3) is 10.9 Å². The normalized spacial score (nSPS) is 19.4. The van der Waals surface area contributed by atoms with Gasteiger partial charge in [-0.2, -0.15) is 0 Å². The molecule has 208 valence electrons. The number of benzene rings is 1. The van der Waals surface area contributed by atoms with E-state index in [0.29, 0.717) is 50.5 Å². The van der Waals surface area contributed by atoms with E-state index in [1.54, 1.807) is 47.6 Å². The van der Waals surface area contributed by atoms with Crippen molar-refractivity contribution in [1.82, 2.24) is 19.7 Å². The quantitative estimate of drug-likeness (QED) is 0.518. The van der Waals surface area contributed by atoms with Crippen LogP contribution in [0.2, 0.25) is 0 Å². The third-order valence-corrected chi connectivity index (χ3v) is 8.52. The second-order valence-electron chi connectivity index (χ2n) is 10.7. The fourth-order valence-corrected chi connectivity index (χ4v) is 6.14. The summed E-state index contributed by atoms with van der Waals surface area (Å²) < 4.78 is 21.0. The van der Waals surface area contributed by atoms with Gasteiger partial charge in [0.25, 0.3) is 5.91 Å². The second-order valence-corrected chi connectivity index (χ2v) is 10.7. The van der Waals surface area contributed by atoms with Crippen LogP contribution < -0.4 is 11.1 Å². The van der Waals surface area contributed by atoms with E-state index in [-0.39, 0.29) is 23.5 Å². The Morgan fingerprint density at radius 2 is 1.76 bits per heavy atom. The number of carbonyl (C=O) groups is 3. The highest BCUT2D eigenvalue weighted by molar-refractivity contribution is 5.99. The molecular weight excluding hydrogens is 489 g/mol. The molecular formula is C28H40FN5O4. The van der Waals surface area contributed by atoms with E-state index in [1.807, 2.05) is 0 Å². The number of hydrogen-bond donors (Lipinski definition) is 2. The van der Waals surface area contributed by atoms with Crippen molar-refractivity contribution < 1.29 is 23.5 Å². The number of likely N-dealkylation sites (N-methyl/N-ethyl adjacent to an activating group) is 1. The van der Waals surface area contributed by atoms with Crippen molar-refractivity contribution in [3.63, 3.8) is 0 Å². The van der Waals surface area contributed by atoms with Gasteiger partial charge in [-0.3, -0.25) is 14.4 Å². The third kappa shape index (κ3) is 5.42. The largest absolute Gasteiger partial charge is 0.383 e. The Labute approximate surface area is 223 Å². The van der Waals surface area contributed by atoms with Crippen LogP contribution in [-0.4, -0.2) is 84.6 Å². The summed E-state index contributed by atoms with van der Waals surface area (Å²) in [6.07, 6.45) is 5.00. The Bertz CT molecular complexity index is 1170. The molecule has 3 amide bonds. The van der Waals surface area contributed by atoms with Crippen molar-refractivity contribution in [2.24, 2.45) is 17.6 Å². The van der Waals surface area contributed by atoms with E-state index >= 15 is 0 Å². The van der Waals surface area contributed by atoms with Crippen molar-refractivity contribution in [2.45, 2.75) is 51.1 Å². The van der Waals surface area contributed by atoms with E-state index < -0.39 is 17.4 Å². The molecule has 2 atom stereocenters. The molecule has 1 aliphatic heterocycles. The van der Waals surface area contributed by atoms with Gasteiger partial charge in [0.2, 0.25) is 11.8 Å². The molecule has 0 bridgehead atoms. The molecule has 1 saturated carbocycles. The molecule has 2 fully saturated rings. The first-order valence-electron chi connectivity index (χ1n) is 13.6. The SMILES string of the molecule is CNC(C)(C(N)=O)[C@@H](C(=O)N1CCN(C(=O)c2cc3ccc(F)cc3n2CCOC)CC1)C1CCCCC1. The zero-order chi connectivity index (χ0) is 27.4. The zero-order valence-corrected chi connectivity index (χ0v) is 22.7. The molecule has 10 heteroatoms. The third-order valence-electron chi connectivity index (χ3n) is 8.52. The number of primary amides is 1. The molecule has 9 nitrogen and oxygen atoms in total. The van der Waals surface area contributed by atoms with Gasteiger partial charge in [0.1, 0.15) is 17.1 Å². The molecule has 2 aliphatic rings. The first kappa shape index (κ1) is 28.0. The molecule has 1 unspecified atom stereocenters. The maximum Gasteiger partial charge on any atom is 0.270 e. The number of nitrogens with one attached hydrogen (secondary N) is 1. The van der Waals surface area contributed by atoms with Crippen LogP contribution in [0.15, 0.2) is 24.3 Å². The molecule has 4 rings (SSSR count). The molecule has 0 radical (unpaired) electrons. The minimum Gasteiger partial charge on any atom is -0.383 e. The lowest BCUT2D eigenvalue weighted by Gasteiger charge is -2.44. The van der Waals surface area contributed by atoms with Gasteiger partial charge in [-0.05, 0) is 57.0 Å². The van der Waals surface area contributed by atoms with Crippen LogP contribution >= 0.6 is 0 Å². The van der Waals surface area contributed by atoms with Crippen LogP contribution in [0.5, 0.6) is 0 Å². The molecule has 0 spiro atoms. The summed E-state index contributed by atoms with van der Waals surface area (Å²) in [4.78, 5) is 43.5. The van der Waals surface area contributed by atoms with Gasteiger partial charge in [-0.15, -0.1) is 0 Å². The minimum atomic E-state index is -1.15. The van der Waals surface area contributed by atoms with Crippen molar-refractivity contribution in [1.29, 1.82) is 0 Å². The first-order chi connectivity index (χ1) is 18.2. The van der Waals surface area contributed by atoms with E-state index in [2.05, 4.69) is 5.32 Å². The van der Waals surface area contributed by atoms with E-state index in [9.17, 15) is 18.8 Å². The van der Waals surface area contributed by atoms with Crippen molar-refractivity contribution in [3.05, 3.63) is 35.8 Å². The number of fused-ring (bicyclic) bond motifs is 1. The molecule has 2 heterocycles. The number of methoxy groups -OCH3 is 1. The van der Waals surface area contributed by atoms with Gasteiger partial charge in [-0.1, -0.05) is 19.3 Å². The van der Waals surface area contributed by atoms with Gasteiger partial charge in [0.05, 0.1) is 18.0 Å². The smallest absolute Gasteiger partial charge is 0.270 e. The molecule has 1 aromatic heterocycles. The van der Waals surface area contributed by atoms with Crippen LogP contribution in [-0.2, 0) is 20.9 Å². The average Bonchev–Trinajstić information content (AvgIpc) is 3.29. The molecule has 1 aliphatic carbocycles. The Morgan fingerprint density at radius 3 is 2.37 bits per heavy atom. The molecule has 1 aromatic carbocycles. The molecule has 3 N–H and O–H groups in total. The lowest BCUT2D eigenvalue weighted by molar-refractivity contribution is -0.147. The zero-order valence-electron chi connectivity index (χ0n) is 22.7. The number of hydrogen-bond acceptors (Lipinski definition) is 5. The molecule has 2 aromatic rings. The Kier molecular flexibility index (Phi) is 8.72. The maximum atomic E-state index is 14.0. The number of halogens is 1. The highest BCUT2D eigenvalue weighted by atomic mass is 19.1. The summed E-state index contributed by atoms with van der Waals surface area (Å²) in [5.74, 6) is -1.61. The Morgan fingerprint density at radius 1 is 1.11 bits per heavy atom. The van der Waals surface area contributed by atoms with E-state index in [0.717, 1.165) is 37.5 Å². The first-order valence-corrected chi connectivity index (χ1v) is 13.6. The van der Waals surface area contributed by atoms with Crippen molar-refractivity contribution >= 4 is 28.6 Å². The Hall–Kier alpha value is -2.98. The Balaban J connectivity index is 1.52. The van der Waals surface area contributed by atoms with Gasteiger partial charge in [0.15, 0.2) is 0 Å². The second kappa shape index (κ2) is 11.8. The van der Waals surface area contributed by atoms with E-state index in [4.69, 9.17) is 10.5 Å². The van der Waals surface area contributed by atoms with Gasteiger partial charge in [0, 0.05) is 45.2 Å². The predicted octanol–water partition coefficient (Wildman–Crippen LogP) is 2.37. The topological polar surface area (TPSA) is 110 Å². The number of piperazine rings is 1. The average molecular weight is 530 g/mol. The fraction of sp³-hybridized carbons (Fsp3) is 0.607. The minimum absolute atomic E-state index is 0.0793. The monoisotopic (exact) mass is 529 g/mol. The standard InChI is InChI=1S/C28H40FN5O4/c1-28(31-2,27(30)37)24(19-7-5-4-6-8-19)26(36)33-13-11-32(12-14-33)25(35)23-17-20-9-10-21(29)18-22(20)34(23)15-16-38-3/h9-10,17-19,24,31H,4-8,11-16H2,1-3H3,(H2,30,37)/t24-,28?/m1/s1. The number of amides is 3. The fourth-order valence-electron chi connectivity index (χ4n) is 6.14. The van der Waals surface area contributed by atoms with Crippen LogP contribution in [0.3, 0.4) is 0 Å². The van der Waals surface area contributed by atoms with Crippen LogP contribution in [0.1, 0.15) is 49.5 Å². The lowest BCUT2D eigenvalue weighted by atomic mass is 9.69.